The zero-order valence-corrected chi connectivity index (χ0v) is 20.9. The predicted octanol–water partition coefficient (Wildman–Crippen LogP) is 6.47. The third-order valence-corrected chi connectivity index (χ3v) is 6.43. The Morgan fingerprint density at radius 3 is 2.49 bits per heavy atom. The predicted molar refractivity (Wildman–Crippen MR) is 140 cm³/mol. The van der Waals surface area contributed by atoms with Crippen molar-refractivity contribution in [3.05, 3.63) is 101 Å². The van der Waals surface area contributed by atoms with Gasteiger partial charge in [0.15, 0.2) is 0 Å². The highest BCUT2D eigenvalue weighted by atomic mass is 19.4. The molecule has 1 fully saturated rings. The second kappa shape index (κ2) is 10.3. The lowest BCUT2D eigenvalue weighted by molar-refractivity contribution is -0.137. The molecule has 39 heavy (non-hydrogen) atoms. The first-order chi connectivity index (χ1) is 18.6. The van der Waals surface area contributed by atoms with E-state index < -0.39 is 17.6 Å². The quantitative estimate of drug-likeness (QED) is 0.264. The molecule has 1 aliphatic rings. The molecule has 1 aromatic heterocycles. The third kappa shape index (κ3) is 5.95. The van der Waals surface area contributed by atoms with E-state index in [2.05, 4.69) is 15.7 Å². The number of alkyl halides is 3. The van der Waals surface area contributed by atoms with E-state index in [4.69, 9.17) is 0 Å². The van der Waals surface area contributed by atoms with Gasteiger partial charge in [0, 0.05) is 35.3 Å². The number of rotatable bonds is 6. The molecule has 0 saturated heterocycles. The first-order valence-electron chi connectivity index (χ1n) is 12.3. The molecule has 2 amide bonds. The zero-order chi connectivity index (χ0) is 27.7. The number of nitrogens with one attached hydrogen (secondary N) is 2. The van der Waals surface area contributed by atoms with Gasteiger partial charge >= 0.3 is 12.2 Å². The number of benzene rings is 3. The number of aryl methyl sites for hydroxylation is 1. The monoisotopic (exact) mass is 534 g/mol. The van der Waals surface area contributed by atoms with Crippen LogP contribution in [-0.4, -0.2) is 26.8 Å². The molecule has 7 nitrogen and oxygen atoms in total. The molecule has 1 aliphatic carbocycles. The second-order valence-electron chi connectivity index (χ2n) is 9.55. The Balaban J connectivity index is 1.33. The molecule has 1 saturated carbocycles. The summed E-state index contributed by atoms with van der Waals surface area (Å²) in [5.41, 5.74) is 2.62. The standard InChI is InChI=1S/C29H25F3N4O3/c1-17-4-2-5-18(12-17)16-33-28(39)36-25(19-8-9-19)15-24(35-36)23-11-10-22(14-26(23)37)34-27(38)20-6-3-7-21(13-20)29(30,31)32/h2-7,10-15,19,37H,8-9,16H2,1H3,(H,33,39)(H,34,38). The minimum atomic E-state index is -4.57. The fourth-order valence-electron chi connectivity index (χ4n) is 4.30. The lowest BCUT2D eigenvalue weighted by Crippen LogP contribution is -2.30. The number of halogens is 3. The molecular formula is C29H25F3N4O3. The molecule has 10 heteroatoms. The Hall–Kier alpha value is -4.60. The third-order valence-electron chi connectivity index (χ3n) is 6.43. The average Bonchev–Trinajstić information content (AvgIpc) is 3.65. The van der Waals surface area contributed by atoms with Gasteiger partial charge in [0.1, 0.15) is 5.75 Å². The van der Waals surface area contributed by atoms with E-state index in [-0.39, 0.29) is 28.9 Å². The normalized spacial score (nSPS) is 13.2. The Labute approximate surface area is 222 Å². The summed E-state index contributed by atoms with van der Waals surface area (Å²) in [6.45, 7) is 2.32. The molecular weight excluding hydrogens is 509 g/mol. The zero-order valence-electron chi connectivity index (χ0n) is 20.9. The van der Waals surface area contributed by atoms with Gasteiger partial charge in [-0.2, -0.15) is 23.0 Å². The fourth-order valence-corrected chi connectivity index (χ4v) is 4.30. The molecule has 4 aromatic rings. The van der Waals surface area contributed by atoms with Gasteiger partial charge in [-0.25, -0.2) is 4.79 Å². The smallest absolute Gasteiger partial charge is 0.416 e. The number of amides is 2. The second-order valence-corrected chi connectivity index (χ2v) is 9.55. The summed E-state index contributed by atoms with van der Waals surface area (Å²) in [4.78, 5) is 25.5. The number of phenols is 1. The molecule has 0 bridgehead atoms. The number of carbonyl (C=O) groups excluding carboxylic acids is 2. The summed E-state index contributed by atoms with van der Waals surface area (Å²) in [7, 11) is 0. The Bertz CT molecular complexity index is 1560. The fraction of sp³-hybridized carbons (Fsp3) is 0.207. The minimum absolute atomic E-state index is 0.169. The number of carbonyl (C=O) groups is 2. The highest BCUT2D eigenvalue weighted by Gasteiger charge is 2.32. The van der Waals surface area contributed by atoms with Crippen LogP contribution in [0.2, 0.25) is 0 Å². The molecule has 0 radical (unpaired) electrons. The van der Waals surface area contributed by atoms with Gasteiger partial charge in [-0.1, -0.05) is 35.9 Å². The average molecular weight is 535 g/mol. The Morgan fingerprint density at radius 2 is 1.79 bits per heavy atom. The SMILES string of the molecule is Cc1cccc(CNC(=O)n2nc(-c3ccc(NC(=O)c4cccc(C(F)(F)F)c4)cc3O)cc2C2CC2)c1. The summed E-state index contributed by atoms with van der Waals surface area (Å²) >= 11 is 0. The van der Waals surface area contributed by atoms with Crippen molar-refractivity contribution >= 4 is 17.6 Å². The molecule has 3 aromatic carbocycles. The van der Waals surface area contributed by atoms with Crippen molar-refractivity contribution in [2.75, 3.05) is 5.32 Å². The van der Waals surface area contributed by atoms with Gasteiger partial charge in [0.25, 0.3) is 5.91 Å². The van der Waals surface area contributed by atoms with E-state index in [0.29, 0.717) is 17.8 Å². The maximum atomic E-state index is 13.0. The van der Waals surface area contributed by atoms with E-state index in [9.17, 15) is 27.9 Å². The number of phenolic OH excluding ortho intramolecular Hbond substituents is 1. The maximum Gasteiger partial charge on any atom is 0.416 e. The highest BCUT2D eigenvalue weighted by molar-refractivity contribution is 6.04. The first kappa shape index (κ1) is 26.0. The van der Waals surface area contributed by atoms with Crippen LogP contribution in [0.15, 0.2) is 72.8 Å². The number of hydrogen-bond acceptors (Lipinski definition) is 4. The number of aromatic hydroxyl groups is 1. The summed E-state index contributed by atoms with van der Waals surface area (Å²) in [5.74, 6) is -0.757. The van der Waals surface area contributed by atoms with Crippen LogP contribution in [-0.2, 0) is 12.7 Å². The summed E-state index contributed by atoms with van der Waals surface area (Å²) in [6.07, 6.45) is -2.71. The molecule has 0 spiro atoms. The van der Waals surface area contributed by atoms with Crippen LogP contribution >= 0.6 is 0 Å². The Kier molecular flexibility index (Phi) is 6.86. The van der Waals surface area contributed by atoms with Gasteiger partial charge in [-0.3, -0.25) is 4.79 Å². The molecule has 5 rings (SSSR count). The summed E-state index contributed by atoms with van der Waals surface area (Å²) in [5, 5.41) is 20.5. The van der Waals surface area contributed by atoms with Gasteiger partial charge in [-0.05, 0) is 61.7 Å². The van der Waals surface area contributed by atoms with Crippen LogP contribution in [0, 0.1) is 6.92 Å². The Morgan fingerprint density at radius 1 is 1.03 bits per heavy atom. The van der Waals surface area contributed by atoms with E-state index in [1.807, 2.05) is 31.2 Å². The van der Waals surface area contributed by atoms with Gasteiger partial charge in [0.05, 0.1) is 17.0 Å². The molecule has 0 aliphatic heterocycles. The van der Waals surface area contributed by atoms with Crippen LogP contribution in [0.25, 0.3) is 11.3 Å². The number of aromatic nitrogens is 2. The van der Waals surface area contributed by atoms with E-state index >= 15 is 0 Å². The summed E-state index contributed by atoms with van der Waals surface area (Å²) in [6, 6.07) is 17.6. The molecule has 3 N–H and O–H groups in total. The van der Waals surface area contributed by atoms with Gasteiger partial charge < -0.3 is 15.7 Å². The van der Waals surface area contributed by atoms with Crippen molar-refractivity contribution in [2.45, 2.75) is 38.4 Å². The van der Waals surface area contributed by atoms with Gasteiger partial charge in [-0.15, -0.1) is 0 Å². The van der Waals surface area contributed by atoms with Gasteiger partial charge in [0.2, 0.25) is 0 Å². The summed E-state index contributed by atoms with van der Waals surface area (Å²) < 4.78 is 40.3. The molecule has 0 atom stereocenters. The number of nitrogens with zero attached hydrogens (tertiary/aromatic N) is 2. The lowest BCUT2D eigenvalue weighted by Gasteiger charge is -2.10. The van der Waals surface area contributed by atoms with Crippen LogP contribution < -0.4 is 10.6 Å². The van der Waals surface area contributed by atoms with Crippen LogP contribution in [0.5, 0.6) is 5.75 Å². The van der Waals surface area contributed by atoms with E-state index in [1.165, 1.54) is 28.9 Å². The minimum Gasteiger partial charge on any atom is -0.507 e. The first-order valence-corrected chi connectivity index (χ1v) is 12.3. The lowest BCUT2D eigenvalue weighted by atomic mass is 10.1. The number of hydrogen-bond donors (Lipinski definition) is 3. The van der Waals surface area contributed by atoms with Crippen molar-refractivity contribution in [1.82, 2.24) is 15.1 Å². The van der Waals surface area contributed by atoms with Crippen LogP contribution in [0.1, 0.15) is 51.5 Å². The van der Waals surface area contributed by atoms with Crippen molar-refractivity contribution in [3.63, 3.8) is 0 Å². The largest absolute Gasteiger partial charge is 0.507 e. The van der Waals surface area contributed by atoms with Crippen molar-refractivity contribution < 1.29 is 27.9 Å². The van der Waals surface area contributed by atoms with Crippen LogP contribution in [0.3, 0.4) is 0 Å². The van der Waals surface area contributed by atoms with Crippen molar-refractivity contribution in [2.24, 2.45) is 0 Å². The molecule has 200 valence electrons. The van der Waals surface area contributed by atoms with Crippen molar-refractivity contribution in [3.8, 4) is 17.0 Å². The highest BCUT2D eigenvalue weighted by Crippen LogP contribution is 2.42. The number of anilines is 1. The van der Waals surface area contributed by atoms with E-state index in [1.54, 1.807) is 6.07 Å². The molecule has 1 heterocycles. The maximum absolute atomic E-state index is 13.0. The van der Waals surface area contributed by atoms with E-state index in [0.717, 1.165) is 47.9 Å². The molecule has 0 unspecified atom stereocenters. The van der Waals surface area contributed by atoms with Crippen molar-refractivity contribution in [1.29, 1.82) is 0 Å². The van der Waals surface area contributed by atoms with Crippen LogP contribution in [0.4, 0.5) is 23.7 Å². The topological polar surface area (TPSA) is 96.3 Å².